The van der Waals surface area contributed by atoms with Crippen molar-refractivity contribution in [3.8, 4) is 11.5 Å². The molecule has 0 aromatic heterocycles. The average Bonchev–Trinajstić information content (AvgIpc) is 2.22. The van der Waals surface area contributed by atoms with Crippen molar-refractivity contribution in [1.82, 2.24) is 0 Å². The number of ether oxygens (including phenoxy) is 2. The fraction of sp³-hybridized carbons (Fsp3) is 0.827. The second-order valence-corrected chi connectivity index (χ2v) is 30.4. The van der Waals surface area contributed by atoms with Crippen molar-refractivity contribution < 1.29 is 19.1 Å². The van der Waals surface area contributed by atoms with E-state index >= 15 is 0 Å². The third-order valence-corrected chi connectivity index (χ3v) is 19.8. The largest absolute Gasteiger partial charge is 0.426 e. The van der Waals surface area contributed by atoms with E-state index in [2.05, 4.69) is 107 Å². The third-order valence-electron chi connectivity index (χ3n) is 19.8. The van der Waals surface area contributed by atoms with Crippen molar-refractivity contribution in [2.75, 3.05) is 0 Å². The van der Waals surface area contributed by atoms with Gasteiger partial charge in [-0.25, -0.2) is 0 Å². The lowest BCUT2D eigenvalue weighted by atomic mass is 9.41. The van der Waals surface area contributed by atoms with Crippen LogP contribution in [0.5, 0.6) is 11.5 Å². The standard InChI is InChI=1S/C81H145B3O4/c1-13-17-21-25-29-33-37-39-43-47-51-55-61-83(59-53-49-45-41-35-31-27-23-19-15-3)63-57-77(85)87-75-65-69(5)71(67-73(75)80(7,8)9)79(82)72-68-74(81(10,11)12)76(66-70(72)6)88-78(86)58-64-84(60-54-50-46-42-36-32-28-24-20-16-4)62-56-52-48-44-40-38-34-30-26-22-18-14-2/h65-68,79H,13-64H2,1-12H3. The van der Waals surface area contributed by atoms with Gasteiger partial charge in [0.05, 0.1) is 7.85 Å². The van der Waals surface area contributed by atoms with Gasteiger partial charge in [-0.1, -0.05) is 402 Å². The number of rotatable bonds is 58. The van der Waals surface area contributed by atoms with Gasteiger partial charge in [-0.3, -0.25) is 9.59 Å². The molecule has 0 saturated carbocycles. The van der Waals surface area contributed by atoms with E-state index in [0.29, 0.717) is 37.8 Å². The summed E-state index contributed by atoms with van der Waals surface area (Å²) < 4.78 is 12.8. The maximum absolute atomic E-state index is 14.0. The first-order valence-corrected chi connectivity index (χ1v) is 38.9. The quantitative estimate of drug-likeness (QED) is 0.0287. The normalized spacial score (nSPS) is 12.0. The van der Waals surface area contributed by atoms with E-state index in [-0.39, 0.29) is 22.8 Å². The monoisotopic (exact) mass is 1220 g/mol. The SMILES string of the molecule is [B]C(c1cc(C(C)(C)C)c(OC(=O)CCB(CCCCCCCCCCCC)CCCCCCCCCCCCCC)cc1C)c1cc(C(C)(C)C)c(OC(=O)CCB(CCCCCCCCCCCC)CCCCCCCCCCCCCC)cc1C. The molecule has 0 aliphatic carbocycles. The zero-order valence-corrected chi connectivity index (χ0v) is 61.0. The second-order valence-electron chi connectivity index (χ2n) is 30.4. The van der Waals surface area contributed by atoms with Crippen LogP contribution in [-0.2, 0) is 20.4 Å². The predicted octanol–water partition coefficient (Wildman–Crippen LogP) is 27.0. The Balaban J connectivity index is 2.16. The summed E-state index contributed by atoms with van der Waals surface area (Å²) in [6.07, 6.45) is 67.5. The van der Waals surface area contributed by atoms with Crippen LogP contribution in [0.4, 0.5) is 0 Å². The third kappa shape index (κ3) is 39.9. The first-order valence-electron chi connectivity index (χ1n) is 38.9. The fourth-order valence-electron chi connectivity index (χ4n) is 13.8. The van der Waals surface area contributed by atoms with Gasteiger partial charge in [-0.15, -0.1) is 0 Å². The number of unbranched alkanes of at least 4 members (excludes halogenated alkanes) is 40. The van der Waals surface area contributed by atoms with E-state index in [4.69, 9.17) is 17.3 Å². The van der Waals surface area contributed by atoms with Gasteiger partial charge < -0.3 is 9.47 Å². The van der Waals surface area contributed by atoms with E-state index < -0.39 is 5.82 Å². The van der Waals surface area contributed by atoms with Gasteiger partial charge in [0.2, 0.25) is 0 Å². The Labute approximate surface area is 551 Å². The van der Waals surface area contributed by atoms with Crippen LogP contribution >= 0.6 is 0 Å². The molecule has 0 fully saturated rings. The molecule has 0 atom stereocenters. The summed E-state index contributed by atoms with van der Waals surface area (Å²) in [5, 5.41) is 0. The molecule has 88 heavy (non-hydrogen) atoms. The smallest absolute Gasteiger partial charge is 0.310 e. The van der Waals surface area contributed by atoms with E-state index in [1.54, 1.807) is 0 Å². The van der Waals surface area contributed by atoms with Crippen LogP contribution in [0.1, 0.15) is 404 Å². The minimum absolute atomic E-state index is 0.121. The van der Waals surface area contributed by atoms with Crippen molar-refractivity contribution in [3.63, 3.8) is 0 Å². The lowest BCUT2D eigenvalue weighted by molar-refractivity contribution is -0.135. The predicted molar refractivity (Wildman–Crippen MR) is 394 cm³/mol. The summed E-state index contributed by atoms with van der Waals surface area (Å²) in [6.45, 7) is 27.8. The first-order chi connectivity index (χ1) is 42.5. The molecule has 0 spiro atoms. The van der Waals surface area contributed by atoms with Crippen molar-refractivity contribution in [2.24, 2.45) is 0 Å². The Morgan fingerprint density at radius 3 is 0.750 bits per heavy atom. The van der Waals surface area contributed by atoms with E-state index in [9.17, 15) is 9.59 Å². The summed E-state index contributed by atoms with van der Waals surface area (Å²) in [5.41, 5.74) is 5.50. The zero-order valence-electron chi connectivity index (χ0n) is 61.0. The number of hydrogen-bond acceptors (Lipinski definition) is 4. The average molecular weight is 1220 g/mol. The van der Waals surface area contributed by atoms with E-state index in [0.717, 1.165) is 46.0 Å². The number of benzene rings is 2. The molecule has 0 bridgehead atoms. The van der Waals surface area contributed by atoms with Crippen LogP contribution in [0.3, 0.4) is 0 Å². The van der Waals surface area contributed by atoms with Gasteiger partial charge in [-0.2, -0.15) is 0 Å². The zero-order chi connectivity index (χ0) is 64.5. The lowest BCUT2D eigenvalue weighted by Gasteiger charge is -2.29. The van der Waals surface area contributed by atoms with Crippen LogP contribution in [0.25, 0.3) is 0 Å². The Morgan fingerprint density at radius 1 is 0.341 bits per heavy atom. The highest BCUT2D eigenvalue weighted by molar-refractivity contribution is 6.59. The number of esters is 2. The molecule has 0 aliphatic rings. The molecule has 502 valence electrons. The minimum Gasteiger partial charge on any atom is -0.426 e. The highest BCUT2D eigenvalue weighted by atomic mass is 16.5. The number of carbonyl (C=O) groups excluding carboxylic acids is 2. The molecule has 0 amide bonds. The summed E-state index contributed by atoms with van der Waals surface area (Å²) >= 11 is 0. The molecular formula is C81H145B3O4. The molecular weight excluding hydrogens is 1070 g/mol. The maximum atomic E-state index is 14.0. The van der Waals surface area contributed by atoms with Crippen molar-refractivity contribution >= 4 is 33.2 Å². The van der Waals surface area contributed by atoms with Gasteiger partial charge in [0.15, 0.2) is 0 Å². The molecule has 4 nitrogen and oxygen atoms in total. The second kappa shape index (κ2) is 52.0. The number of aryl methyl sites for hydroxylation is 2. The van der Waals surface area contributed by atoms with Gasteiger partial charge >= 0.3 is 11.9 Å². The summed E-state index contributed by atoms with van der Waals surface area (Å²) in [4.78, 5) is 28.0. The molecule has 0 saturated heterocycles. The van der Waals surface area contributed by atoms with Crippen LogP contribution in [0.2, 0.25) is 37.9 Å². The van der Waals surface area contributed by atoms with Crippen molar-refractivity contribution in [3.05, 3.63) is 57.6 Å². The Bertz CT molecular complexity index is 1870. The summed E-state index contributed by atoms with van der Waals surface area (Å²) in [7, 11) is 7.39. The minimum atomic E-state index is -0.421. The van der Waals surface area contributed by atoms with Crippen LogP contribution in [0.15, 0.2) is 24.3 Å². The van der Waals surface area contributed by atoms with E-state index in [1.165, 1.54) is 308 Å². The summed E-state index contributed by atoms with van der Waals surface area (Å²) in [5.74, 6) is 0.657. The first kappa shape index (κ1) is 81.7. The lowest BCUT2D eigenvalue weighted by Crippen LogP contribution is -2.21. The van der Waals surface area contributed by atoms with Gasteiger partial charge in [0, 0.05) is 24.0 Å². The van der Waals surface area contributed by atoms with Crippen molar-refractivity contribution in [1.29, 1.82) is 0 Å². The number of hydrogen-bond donors (Lipinski definition) is 0. The highest BCUT2D eigenvalue weighted by Crippen LogP contribution is 2.41. The Hall–Kier alpha value is -2.43. The molecule has 0 N–H and O–H groups in total. The molecule has 2 aromatic carbocycles. The molecule has 0 aliphatic heterocycles. The van der Waals surface area contributed by atoms with Crippen LogP contribution in [0, 0.1) is 13.8 Å². The molecule has 2 aromatic rings. The Kier molecular flexibility index (Phi) is 48.3. The van der Waals surface area contributed by atoms with Crippen molar-refractivity contribution in [2.45, 2.75) is 433 Å². The molecule has 2 radical (unpaired) electrons. The molecule has 7 heteroatoms. The number of carbonyl (C=O) groups is 2. The molecule has 2 rings (SSSR count). The van der Waals surface area contributed by atoms with Gasteiger partial charge in [-0.05, 0) is 64.9 Å². The van der Waals surface area contributed by atoms with Gasteiger partial charge in [0.25, 0.3) is 0 Å². The van der Waals surface area contributed by atoms with Crippen LogP contribution < -0.4 is 9.47 Å². The fourth-order valence-corrected chi connectivity index (χ4v) is 13.8. The molecule has 0 heterocycles. The van der Waals surface area contributed by atoms with Crippen LogP contribution in [-0.4, -0.2) is 33.2 Å². The van der Waals surface area contributed by atoms with E-state index in [1.807, 2.05) is 0 Å². The Morgan fingerprint density at radius 2 is 0.545 bits per heavy atom. The topological polar surface area (TPSA) is 52.6 Å². The van der Waals surface area contributed by atoms with Gasteiger partial charge in [0.1, 0.15) is 24.9 Å². The summed E-state index contributed by atoms with van der Waals surface area (Å²) in [6, 6.07) is 8.55. The molecule has 0 unspecified atom stereocenters. The highest BCUT2D eigenvalue weighted by Gasteiger charge is 2.28. The maximum Gasteiger partial charge on any atom is 0.310 e.